The van der Waals surface area contributed by atoms with Gasteiger partial charge in [0.2, 0.25) is 0 Å². The molecule has 1 heterocycles. The fourth-order valence-corrected chi connectivity index (χ4v) is 3.46. The molecule has 3 N–H and O–H groups in total. The number of aliphatic carboxylic acids is 2. The Kier molecular flexibility index (Phi) is 9.00. The van der Waals surface area contributed by atoms with E-state index in [4.69, 9.17) is 10.2 Å². The zero-order chi connectivity index (χ0) is 23.0. The van der Waals surface area contributed by atoms with E-state index in [0.717, 1.165) is 51.4 Å². The van der Waals surface area contributed by atoms with Crippen molar-refractivity contribution in [3.05, 3.63) is 47.3 Å². The van der Waals surface area contributed by atoms with Gasteiger partial charge in [-0.25, -0.2) is 14.0 Å². The number of carboxylic acid groups (broad SMARTS) is 2. The summed E-state index contributed by atoms with van der Waals surface area (Å²) in [6.45, 7) is 2.90. The van der Waals surface area contributed by atoms with Crippen molar-refractivity contribution in [3.63, 3.8) is 0 Å². The molecule has 2 aliphatic rings. The third-order valence-corrected chi connectivity index (χ3v) is 5.13. The van der Waals surface area contributed by atoms with Crippen LogP contribution in [-0.2, 0) is 22.3 Å². The van der Waals surface area contributed by atoms with E-state index in [1.807, 2.05) is 0 Å². The van der Waals surface area contributed by atoms with Crippen molar-refractivity contribution in [1.29, 1.82) is 0 Å². The second-order valence-electron chi connectivity index (χ2n) is 7.66. The predicted molar refractivity (Wildman–Crippen MR) is 105 cm³/mol. The Balaban J connectivity index is 0.000000366. The molecule has 2 fully saturated rings. The van der Waals surface area contributed by atoms with Crippen LogP contribution in [0.2, 0.25) is 0 Å². The van der Waals surface area contributed by atoms with Crippen LogP contribution in [0, 0.1) is 11.7 Å². The van der Waals surface area contributed by atoms with E-state index >= 15 is 0 Å². The number of carbonyl (C=O) groups is 2. The monoisotopic (exact) mass is 446 g/mol. The maximum atomic E-state index is 13.3. The summed E-state index contributed by atoms with van der Waals surface area (Å²) < 4.78 is 52.9. The molecule has 0 aromatic heterocycles. The highest BCUT2D eigenvalue weighted by Crippen LogP contribution is 2.35. The molecule has 0 amide bonds. The van der Waals surface area contributed by atoms with Gasteiger partial charge in [-0.15, -0.1) is 0 Å². The topological polar surface area (TPSA) is 89.9 Å². The van der Waals surface area contributed by atoms with Crippen LogP contribution in [0.4, 0.5) is 17.6 Å². The van der Waals surface area contributed by atoms with Crippen molar-refractivity contribution in [2.45, 2.75) is 44.4 Å². The second-order valence-corrected chi connectivity index (χ2v) is 7.66. The van der Waals surface area contributed by atoms with Crippen LogP contribution in [0.3, 0.4) is 0 Å². The number of alkyl halides is 3. The summed E-state index contributed by atoms with van der Waals surface area (Å²) in [6.07, 6.45) is 0.833. The Hall–Kier alpha value is -2.46. The van der Waals surface area contributed by atoms with E-state index in [0.29, 0.717) is 30.2 Å². The summed E-state index contributed by atoms with van der Waals surface area (Å²) >= 11 is 0. The van der Waals surface area contributed by atoms with Gasteiger partial charge in [0.25, 0.3) is 0 Å². The van der Waals surface area contributed by atoms with E-state index in [1.54, 1.807) is 0 Å². The van der Waals surface area contributed by atoms with Gasteiger partial charge in [-0.05, 0) is 62.4 Å². The molecule has 1 saturated heterocycles. The standard InChI is InChI=1S/C17H22F4N2.C4H4O4/c18-14-4-3-13(16(9-14)17(19,20)21)11-23(10-12-1-2-12)15-5-7-22-8-6-15;5-3(6)1-2-4(7)8/h3-4,9,12,15,22H,1-2,5-8,10-11H2;1-2H,(H,5,6)(H,7,8). The quantitative estimate of drug-likeness (QED) is 0.439. The number of piperidine rings is 1. The molecule has 10 heteroatoms. The number of carboxylic acids is 2. The zero-order valence-corrected chi connectivity index (χ0v) is 16.9. The lowest BCUT2D eigenvalue weighted by molar-refractivity contribution is -0.138. The van der Waals surface area contributed by atoms with Crippen LogP contribution in [0.15, 0.2) is 30.4 Å². The van der Waals surface area contributed by atoms with Gasteiger partial charge in [-0.1, -0.05) is 6.07 Å². The highest BCUT2D eigenvalue weighted by Gasteiger charge is 2.35. The van der Waals surface area contributed by atoms with Crippen LogP contribution >= 0.6 is 0 Å². The van der Waals surface area contributed by atoms with Gasteiger partial charge >= 0.3 is 18.1 Å². The number of halogens is 4. The molecule has 3 rings (SSSR count). The van der Waals surface area contributed by atoms with Crippen molar-refractivity contribution >= 4 is 11.9 Å². The van der Waals surface area contributed by atoms with Crippen LogP contribution in [0.5, 0.6) is 0 Å². The van der Waals surface area contributed by atoms with E-state index in [1.165, 1.54) is 6.07 Å². The molecule has 0 radical (unpaired) electrons. The molecule has 0 unspecified atom stereocenters. The lowest BCUT2D eigenvalue weighted by atomic mass is 10.0. The van der Waals surface area contributed by atoms with Gasteiger partial charge in [-0.2, -0.15) is 13.2 Å². The van der Waals surface area contributed by atoms with Gasteiger partial charge < -0.3 is 15.5 Å². The van der Waals surface area contributed by atoms with Gasteiger partial charge in [0, 0.05) is 31.3 Å². The maximum absolute atomic E-state index is 13.3. The molecule has 1 aromatic rings. The first-order valence-electron chi connectivity index (χ1n) is 10.0. The van der Waals surface area contributed by atoms with E-state index in [-0.39, 0.29) is 12.1 Å². The molecule has 1 aliphatic heterocycles. The minimum absolute atomic E-state index is 0.179. The molecule has 31 heavy (non-hydrogen) atoms. The lowest BCUT2D eigenvalue weighted by Gasteiger charge is -2.35. The molecule has 0 atom stereocenters. The molecule has 1 aromatic carbocycles. The second kappa shape index (κ2) is 11.2. The average Bonchev–Trinajstić information content (AvgIpc) is 3.52. The third kappa shape index (κ3) is 9.06. The molecule has 1 aliphatic carbocycles. The summed E-state index contributed by atoms with van der Waals surface area (Å²) in [5, 5.41) is 18.9. The Morgan fingerprint density at radius 2 is 1.65 bits per heavy atom. The molecule has 0 bridgehead atoms. The molecule has 0 spiro atoms. The van der Waals surface area contributed by atoms with Crippen molar-refractivity contribution in [1.82, 2.24) is 10.2 Å². The highest BCUT2D eigenvalue weighted by molar-refractivity contribution is 5.89. The lowest BCUT2D eigenvalue weighted by Crippen LogP contribution is -2.43. The number of hydrogen-bond donors (Lipinski definition) is 3. The minimum Gasteiger partial charge on any atom is -0.478 e. The maximum Gasteiger partial charge on any atom is 0.416 e. The van der Waals surface area contributed by atoms with Crippen molar-refractivity contribution in [2.75, 3.05) is 19.6 Å². The van der Waals surface area contributed by atoms with Crippen LogP contribution in [0.1, 0.15) is 36.8 Å². The molecule has 1 saturated carbocycles. The Morgan fingerprint density at radius 1 is 1.06 bits per heavy atom. The van der Waals surface area contributed by atoms with Gasteiger partial charge in [0.1, 0.15) is 5.82 Å². The largest absolute Gasteiger partial charge is 0.478 e. The first kappa shape index (κ1) is 24.8. The van der Waals surface area contributed by atoms with Crippen molar-refractivity contribution < 1.29 is 37.4 Å². The first-order chi connectivity index (χ1) is 14.6. The highest BCUT2D eigenvalue weighted by atomic mass is 19.4. The Bertz CT molecular complexity index is 772. The molecular formula is C21H26F4N2O4. The van der Waals surface area contributed by atoms with Crippen LogP contribution in [0.25, 0.3) is 0 Å². The summed E-state index contributed by atoms with van der Waals surface area (Å²) in [4.78, 5) is 21.3. The number of rotatable bonds is 7. The predicted octanol–water partition coefficient (Wildman–Crippen LogP) is 3.52. The van der Waals surface area contributed by atoms with Gasteiger partial charge in [-0.3, -0.25) is 4.90 Å². The zero-order valence-electron chi connectivity index (χ0n) is 16.9. The molecular weight excluding hydrogens is 420 g/mol. The fraction of sp³-hybridized carbons (Fsp3) is 0.524. The number of nitrogens with zero attached hydrogens (tertiary/aromatic N) is 1. The van der Waals surface area contributed by atoms with Crippen molar-refractivity contribution in [2.24, 2.45) is 5.92 Å². The van der Waals surface area contributed by atoms with Crippen LogP contribution in [-0.4, -0.2) is 52.7 Å². The molecule has 6 nitrogen and oxygen atoms in total. The SMILES string of the molecule is Fc1ccc(CN(CC2CC2)C2CCNCC2)c(C(F)(F)F)c1.O=C(O)C=CC(=O)O. The number of hydrogen-bond acceptors (Lipinski definition) is 4. The Labute approximate surface area is 177 Å². The number of benzene rings is 1. The van der Waals surface area contributed by atoms with E-state index < -0.39 is 29.5 Å². The number of nitrogens with one attached hydrogen (secondary N) is 1. The normalized spacial score (nSPS) is 17.5. The minimum atomic E-state index is -4.52. The smallest absolute Gasteiger partial charge is 0.416 e. The third-order valence-electron chi connectivity index (χ3n) is 5.13. The fourth-order valence-electron chi connectivity index (χ4n) is 3.46. The van der Waals surface area contributed by atoms with E-state index in [9.17, 15) is 27.2 Å². The average molecular weight is 446 g/mol. The summed E-state index contributed by atoms with van der Waals surface area (Å²) in [6, 6.07) is 3.34. The summed E-state index contributed by atoms with van der Waals surface area (Å²) in [5.41, 5.74) is -0.662. The summed E-state index contributed by atoms with van der Waals surface area (Å²) in [7, 11) is 0. The van der Waals surface area contributed by atoms with E-state index in [2.05, 4.69) is 10.2 Å². The van der Waals surface area contributed by atoms with Gasteiger partial charge in [0.05, 0.1) is 5.56 Å². The first-order valence-corrected chi connectivity index (χ1v) is 10.0. The van der Waals surface area contributed by atoms with Gasteiger partial charge in [0.15, 0.2) is 0 Å². The summed E-state index contributed by atoms with van der Waals surface area (Å²) in [5.74, 6) is -2.74. The Morgan fingerprint density at radius 3 is 2.13 bits per heavy atom. The van der Waals surface area contributed by atoms with Crippen LogP contribution < -0.4 is 5.32 Å². The van der Waals surface area contributed by atoms with Crippen molar-refractivity contribution in [3.8, 4) is 0 Å². The molecule has 172 valence electrons.